The largest absolute Gasteiger partial charge is 0.419 e. The van der Waals surface area contributed by atoms with Gasteiger partial charge in [-0.3, -0.25) is 4.90 Å². The fraction of sp³-hybridized carbons (Fsp3) is 0.438. The topological polar surface area (TPSA) is 55.1 Å². The summed E-state index contributed by atoms with van der Waals surface area (Å²) in [4.78, 5) is 9.04. The van der Waals surface area contributed by atoms with E-state index in [1.807, 2.05) is 18.6 Å². The summed E-state index contributed by atoms with van der Waals surface area (Å²) in [5, 5.41) is 11.5. The van der Waals surface area contributed by atoms with Crippen LogP contribution in [0.25, 0.3) is 10.8 Å². The van der Waals surface area contributed by atoms with E-state index in [-0.39, 0.29) is 0 Å². The third-order valence-electron chi connectivity index (χ3n) is 3.97. The van der Waals surface area contributed by atoms with Gasteiger partial charge < -0.3 is 4.42 Å². The third kappa shape index (κ3) is 3.36. The van der Waals surface area contributed by atoms with Crippen molar-refractivity contribution in [1.82, 2.24) is 20.1 Å². The summed E-state index contributed by atoms with van der Waals surface area (Å²) in [6, 6.07) is 2.23. The Morgan fingerprint density at radius 1 is 1.22 bits per heavy atom. The van der Waals surface area contributed by atoms with Gasteiger partial charge in [-0.05, 0) is 44.4 Å². The van der Waals surface area contributed by atoms with E-state index >= 15 is 0 Å². The molecule has 23 heavy (non-hydrogen) atoms. The van der Waals surface area contributed by atoms with E-state index in [4.69, 9.17) is 4.42 Å². The number of hydrogen-bond acceptors (Lipinski definition) is 7. The number of thiophene rings is 1. The number of hydrogen-bond donors (Lipinski definition) is 0. The second-order valence-corrected chi connectivity index (χ2v) is 7.98. The quantitative estimate of drug-likeness (QED) is 0.704. The number of aromatic nitrogens is 3. The van der Waals surface area contributed by atoms with Gasteiger partial charge in [-0.25, -0.2) is 4.98 Å². The van der Waals surface area contributed by atoms with Gasteiger partial charge in [0.25, 0.3) is 5.89 Å². The van der Waals surface area contributed by atoms with E-state index in [0.717, 1.165) is 16.4 Å². The standard InChI is InChI=1S/C16H18N4OS2/c1-20(10-15-17-6-7-22-15)9-14-18-19-16(21-14)13-8-11-4-2-3-5-12(11)23-13/h6-8H,2-5,9-10H2,1H3. The van der Waals surface area contributed by atoms with Crippen molar-refractivity contribution in [3.05, 3.63) is 39.0 Å². The molecule has 1 aliphatic rings. The molecular weight excluding hydrogens is 328 g/mol. The minimum atomic E-state index is 0.637. The molecule has 4 rings (SSSR count). The molecule has 5 nitrogen and oxygen atoms in total. The zero-order valence-electron chi connectivity index (χ0n) is 13.0. The van der Waals surface area contributed by atoms with Crippen LogP contribution in [0.5, 0.6) is 0 Å². The van der Waals surface area contributed by atoms with Crippen LogP contribution < -0.4 is 0 Å². The SMILES string of the molecule is CN(Cc1nnc(-c2cc3c(s2)CCCC3)o1)Cc1nccs1. The van der Waals surface area contributed by atoms with Crippen molar-refractivity contribution in [1.29, 1.82) is 0 Å². The molecule has 0 radical (unpaired) electrons. The number of aryl methyl sites for hydroxylation is 2. The highest BCUT2D eigenvalue weighted by molar-refractivity contribution is 7.15. The molecule has 0 atom stereocenters. The summed E-state index contributed by atoms with van der Waals surface area (Å²) in [7, 11) is 2.04. The summed E-state index contributed by atoms with van der Waals surface area (Å²) < 4.78 is 5.87. The molecule has 0 aromatic carbocycles. The molecule has 1 aliphatic carbocycles. The average molecular weight is 346 g/mol. The normalized spacial score (nSPS) is 14.3. The van der Waals surface area contributed by atoms with Crippen LogP contribution >= 0.6 is 22.7 Å². The first-order valence-electron chi connectivity index (χ1n) is 7.79. The molecule has 0 aliphatic heterocycles. The summed E-state index contributed by atoms with van der Waals surface area (Å²) in [5.41, 5.74) is 1.47. The van der Waals surface area contributed by atoms with Crippen LogP contribution in [0.2, 0.25) is 0 Å². The van der Waals surface area contributed by atoms with Gasteiger partial charge in [-0.15, -0.1) is 32.9 Å². The van der Waals surface area contributed by atoms with Crippen molar-refractivity contribution in [2.75, 3.05) is 7.05 Å². The van der Waals surface area contributed by atoms with E-state index in [9.17, 15) is 0 Å². The molecule has 0 fully saturated rings. The minimum absolute atomic E-state index is 0.637. The van der Waals surface area contributed by atoms with Crippen LogP contribution in [-0.2, 0) is 25.9 Å². The van der Waals surface area contributed by atoms with Gasteiger partial charge in [0.2, 0.25) is 5.89 Å². The predicted molar refractivity (Wildman–Crippen MR) is 91.5 cm³/mol. The highest BCUT2D eigenvalue weighted by Gasteiger charge is 2.18. The smallest absolute Gasteiger partial charge is 0.257 e. The lowest BCUT2D eigenvalue weighted by Gasteiger charge is -2.11. The Kier molecular flexibility index (Phi) is 4.24. The van der Waals surface area contributed by atoms with Gasteiger partial charge in [0.15, 0.2) is 0 Å². The first-order valence-corrected chi connectivity index (χ1v) is 9.49. The Bertz CT molecular complexity index is 754. The summed E-state index contributed by atoms with van der Waals surface area (Å²) in [5.74, 6) is 1.31. The van der Waals surface area contributed by atoms with E-state index in [2.05, 4.69) is 26.1 Å². The number of nitrogens with zero attached hydrogens (tertiary/aromatic N) is 4. The van der Waals surface area contributed by atoms with Crippen molar-refractivity contribution in [2.24, 2.45) is 0 Å². The lowest BCUT2D eigenvalue weighted by molar-refractivity contribution is 0.282. The fourth-order valence-corrected chi connectivity index (χ4v) is 4.73. The molecule has 0 spiro atoms. The van der Waals surface area contributed by atoms with E-state index < -0.39 is 0 Å². The molecule has 0 saturated heterocycles. The number of rotatable bonds is 5. The molecule has 0 amide bonds. The number of thiazole rings is 1. The third-order valence-corrected chi connectivity index (χ3v) is 5.96. The van der Waals surface area contributed by atoms with Crippen LogP contribution in [-0.4, -0.2) is 27.1 Å². The monoisotopic (exact) mass is 346 g/mol. The second kappa shape index (κ2) is 6.51. The van der Waals surface area contributed by atoms with Crippen molar-refractivity contribution >= 4 is 22.7 Å². The zero-order valence-corrected chi connectivity index (χ0v) is 14.6. The van der Waals surface area contributed by atoms with Gasteiger partial charge >= 0.3 is 0 Å². The van der Waals surface area contributed by atoms with Gasteiger partial charge in [0.1, 0.15) is 5.01 Å². The molecule has 7 heteroatoms. The lowest BCUT2D eigenvalue weighted by Crippen LogP contribution is -2.17. The minimum Gasteiger partial charge on any atom is -0.419 e. The lowest BCUT2D eigenvalue weighted by atomic mass is 9.99. The summed E-state index contributed by atoms with van der Waals surface area (Å²) >= 11 is 3.47. The molecule has 0 saturated carbocycles. The molecule has 0 unspecified atom stereocenters. The molecular formula is C16H18N4OS2. The Balaban J connectivity index is 1.45. The van der Waals surface area contributed by atoms with Crippen LogP contribution in [0.1, 0.15) is 34.2 Å². The first-order chi connectivity index (χ1) is 11.3. The van der Waals surface area contributed by atoms with Crippen molar-refractivity contribution in [3.63, 3.8) is 0 Å². The molecule has 3 aromatic rings. The highest BCUT2D eigenvalue weighted by Crippen LogP contribution is 2.35. The fourth-order valence-electron chi connectivity index (χ4n) is 2.86. The molecule has 120 valence electrons. The summed E-state index contributed by atoms with van der Waals surface area (Å²) in [6.45, 7) is 1.43. The summed E-state index contributed by atoms with van der Waals surface area (Å²) in [6.07, 6.45) is 6.79. The van der Waals surface area contributed by atoms with Crippen molar-refractivity contribution < 1.29 is 4.42 Å². The van der Waals surface area contributed by atoms with Crippen molar-refractivity contribution in [3.8, 4) is 10.8 Å². The first kappa shape index (κ1) is 15.0. The van der Waals surface area contributed by atoms with Crippen LogP contribution in [0, 0.1) is 0 Å². The Morgan fingerprint density at radius 3 is 2.96 bits per heavy atom. The van der Waals surface area contributed by atoms with Crippen LogP contribution in [0.4, 0.5) is 0 Å². The zero-order chi connectivity index (χ0) is 15.6. The van der Waals surface area contributed by atoms with Crippen LogP contribution in [0.15, 0.2) is 22.1 Å². The van der Waals surface area contributed by atoms with Crippen LogP contribution in [0.3, 0.4) is 0 Å². The molecule has 0 bridgehead atoms. The van der Waals surface area contributed by atoms with E-state index in [1.165, 1.54) is 36.1 Å². The maximum atomic E-state index is 5.87. The average Bonchev–Trinajstić information content (AvgIpc) is 3.26. The number of fused-ring (bicyclic) bond motifs is 1. The van der Waals surface area contributed by atoms with Gasteiger partial charge in [-0.2, -0.15) is 0 Å². The van der Waals surface area contributed by atoms with Gasteiger partial charge in [0.05, 0.1) is 18.0 Å². The van der Waals surface area contributed by atoms with Gasteiger partial charge in [-0.1, -0.05) is 0 Å². The predicted octanol–water partition coefficient (Wildman–Crippen LogP) is 3.77. The maximum absolute atomic E-state index is 5.87. The molecule has 0 N–H and O–H groups in total. The highest BCUT2D eigenvalue weighted by atomic mass is 32.1. The van der Waals surface area contributed by atoms with Crippen molar-refractivity contribution in [2.45, 2.75) is 38.8 Å². The Morgan fingerprint density at radius 2 is 2.13 bits per heavy atom. The molecule has 3 heterocycles. The molecule has 3 aromatic heterocycles. The van der Waals surface area contributed by atoms with E-state index in [1.54, 1.807) is 22.7 Å². The second-order valence-electron chi connectivity index (χ2n) is 5.87. The Labute approximate surface area is 143 Å². The van der Waals surface area contributed by atoms with Gasteiger partial charge in [0, 0.05) is 16.5 Å². The van der Waals surface area contributed by atoms with E-state index in [0.29, 0.717) is 18.3 Å². The Hall–Kier alpha value is -1.57. The maximum Gasteiger partial charge on any atom is 0.257 e.